The van der Waals surface area contributed by atoms with Gasteiger partial charge in [-0.25, -0.2) is 4.79 Å². The third-order valence-electron chi connectivity index (χ3n) is 5.73. The molecule has 0 aliphatic carbocycles. The molecule has 8 nitrogen and oxygen atoms in total. The molecule has 2 fully saturated rings. The van der Waals surface area contributed by atoms with Crippen molar-refractivity contribution in [3.63, 3.8) is 0 Å². The molecule has 27 heavy (non-hydrogen) atoms. The van der Waals surface area contributed by atoms with E-state index in [1.807, 2.05) is 4.90 Å². The van der Waals surface area contributed by atoms with E-state index in [1.54, 1.807) is 11.8 Å². The first-order chi connectivity index (χ1) is 12.8. The van der Waals surface area contributed by atoms with Crippen molar-refractivity contribution >= 4 is 23.7 Å². The van der Waals surface area contributed by atoms with Crippen LogP contribution in [0, 0.1) is 0 Å². The van der Waals surface area contributed by atoms with Crippen LogP contribution in [0.2, 0.25) is 0 Å². The number of hydrogen-bond donors (Lipinski definition) is 1. The Kier molecular flexibility index (Phi) is 5.53. The number of rotatable bonds is 5. The molecule has 3 amide bonds. The molecule has 0 saturated carbocycles. The second kappa shape index (κ2) is 7.70. The second-order valence-corrected chi connectivity index (χ2v) is 7.48. The van der Waals surface area contributed by atoms with Gasteiger partial charge in [0.2, 0.25) is 11.8 Å². The van der Waals surface area contributed by atoms with Crippen molar-refractivity contribution in [3.8, 4) is 0 Å². The molecule has 3 rings (SSSR count). The Balaban J connectivity index is 1.58. The van der Waals surface area contributed by atoms with E-state index < -0.39 is 11.6 Å². The number of carbonyl (C=O) groups excluding carboxylic acids is 4. The zero-order valence-electron chi connectivity index (χ0n) is 16.0. The third kappa shape index (κ3) is 3.84. The standard InChI is InChI=1S/C19H27N3O5/c1-13-16(17(25)20-8-4-10-22-9-3-5-15(22)24)19(27-18(13)26)6-11-21(12-7-19)14(2)23/h3-12H2,1-2H3,(H,20,25). The summed E-state index contributed by atoms with van der Waals surface area (Å²) < 4.78 is 5.60. The average Bonchev–Trinajstić information content (AvgIpc) is 3.13. The van der Waals surface area contributed by atoms with Crippen LogP contribution in [-0.2, 0) is 23.9 Å². The summed E-state index contributed by atoms with van der Waals surface area (Å²) in [5.41, 5.74) is -0.186. The first kappa shape index (κ1) is 19.4. The molecule has 3 aliphatic rings. The van der Waals surface area contributed by atoms with E-state index >= 15 is 0 Å². The van der Waals surface area contributed by atoms with Gasteiger partial charge >= 0.3 is 5.97 Å². The number of likely N-dealkylation sites (tertiary alicyclic amines) is 2. The minimum absolute atomic E-state index is 0.0164. The molecule has 0 aromatic rings. The molecule has 0 aromatic heterocycles. The van der Waals surface area contributed by atoms with Gasteiger partial charge in [-0.2, -0.15) is 0 Å². The summed E-state index contributed by atoms with van der Waals surface area (Å²) in [6, 6.07) is 0. The van der Waals surface area contributed by atoms with E-state index in [0.29, 0.717) is 63.0 Å². The predicted molar refractivity (Wildman–Crippen MR) is 96.5 cm³/mol. The van der Waals surface area contributed by atoms with Gasteiger partial charge in [0.15, 0.2) is 0 Å². The number of hydrogen-bond acceptors (Lipinski definition) is 5. The fraction of sp³-hybridized carbons (Fsp3) is 0.684. The summed E-state index contributed by atoms with van der Waals surface area (Å²) in [5.74, 6) is -0.593. The monoisotopic (exact) mass is 377 g/mol. The Morgan fingerprint density at radius 2 is 1.89 bits per heavy atom. The lowest BCUT2D eigenvalue weighted by Crippen LogP contribution is -2.50. The Labute approximate surface area is 158 Å². The van der Waals surface area contributed by atoms with E-state index in [1.165, 1.54) is 6.92 Å². The molecule has 0 bridgehead atoms. The summed E-state index contributed by atoms with van der Waals surface area (Å²) in [7, 11) is 0. The molecule has 1 N–H and O–H groups in total. The van der Waals surface area contributed by atoms with E-state index in [9.17, 15) is 19.2 Å². The van der Waals surface area contributed by atoms with Crippen molar-refractivity contribution in [2.24, 2.45) is 0 Å². The molecule has 0 atom stereocenters. The summed E-state index contributed by atoms with van der Waals surface area (Å²) in [6.45, 7) is 5.90. The Morgan fingerprint density at radius 3 is 2.48 bits per heavy atom. The molecule has 0 aromatic carbocycles. The average molecular weight is 377 g/mol. The molecule has 0 radical (unpaired) electrons. The minimum atomic E-state index is -0.928. The number of carbonyl (C=O) groups is 4. The summed E-state index contributed by atoms with van der Waals surface area (Å²) in [5, 5.41) is 2.87. The van der Waals surface area contributed by atoms with Crippen molar-refractivity contribution in [2.45, 2.75) is 51.6 Å². The van der Waals surface area contributed by atoms with Crippen LogP contribution >= 0.6 is 0 Å². The van der Waals surface area contributed by atoms with Gasteiger partial charge in [0.05, 0.1) is 5.57 Å². The second-order valence-electron chi connectivity index (χ2n) is 7.48. The number of nitrogens with one attached hydrogen (secondary N) is 1. The molecule has 2 saturated heterocycles. The van der Waals surface area contributed by atoms with Crippen LogP contribution in [0.4, 0.5) is 0 Å². The van der Waals surface area contributed by atoms with Crippen LogP contribution in [0.3, 0.4) is 0 Å². The van der Waals surface area contributed by atoms with E-state index in [-0.39, 0.29) is 17.7 Å². The molecule has 8 heteroatoms. The van der Waals surface area contributed by atoms with Gasteiger partial charge in [-0.15, -0.1) is 0 Å². The van der Waals surface area contributed by atoms with Gasteiger partial charge in [0.25, 0.3) is 5.91 Å². The lowest BCUT2D eigenvalue weighted by molar-refractivity contribution is -0.152. The van der Waals surface area contributed by atoms with Crippen LogP contribution < -0.4 is 5.32 Å². The lowest BCUT2D eigenvalue weighted by atomic mass is 9.82. The summed E-state index contributed by atoms with van der Waals surface area (Å²) in [4.78, 5) is 51.6. The molecular weight excluding hydrogens is 350 g/mol. The SMILES string of the molecule is CC(=O)N1CCC2(CC1)OC(=O)C(C)=C2C(=O)NCCCN1CCCC1=O. The van der Waals surface area contributed by atoms with Gasteiger partial charge < -0.3 is 19.9 Å². The smallest absolute Gasteiger partial charge is 0.335 e. The maximum Gasteiger partial charge on any atom is 0.335 e. The zero-order valence-corrected chi connectivity index (χ0v) is 16.0. The maximum absolute atomic E-state index is 12.8. The molecule has 3 aliphatic heterocycles. The van der Waals surface area contributed by atoms with Crippen LogP contribution in [0.1, 0.15) is 46.0 Å². The minimum Gasteiger partial charge on any atom is -0.450 e. The topological polar surface area (TPSA) is 96.0 Å². The van der Waals surface area contributed by atoms with E-state index in [2.05, 4.69) is 5.32 Å². The highest BCUT2D eigenvalue weighted by Crippen LogP contribution is 2.41. The van der Waals surface area contributed by atoms with Crippen molar-refractivity contribution < 1.29 is 23.9 Å². The number of nitrogens with zero attached hydrogens (tertiary/aromatic N) is 2. The summed E-state index contributed by atoms with van der Waals surface area (Å²) in [6.07, 6.45) is 3.04. The van der Waals surface area contributed by atoms with Gasteiger partial charge in [-0.3, -0.25) is 14.4 Å². The van der Waals surface area contributed by atoms with Crippen LogP contribution in [0.5, 0.6) is 0 Å². The Hall–Kier alpha value is -2.38. The van der Waals surface area contributed by atoms with Crippen molar-refractivity contribution in [2.75, 3.05) is 32.7 Å². The van der Waals surface area contributed by atoms with Crippen molar-refractivity contribution in [1.82, 2.24) is 15.1 Å². The van der Waals surface area contributed by atoms with Gasteiger partial charge in [-0.05, 0) is 19.8 Å². The predicted octanol–water partition coefficient (Wildman–Crippen LogP) is 0.370. The van der Waals surface area contributed by atoms with Crippen LogP contribution in [-0.4, -0.2) is 71.8 Å². The van der Waals surface area contributed by atoms with E-state index in [4.69, 9.17) is 4.74 Å². The van der Waals surface area contributed by atoms with Crippen molar-refractivity contribution in [3.05, 3.63) is 11.1 Å². The maximum atomic E-state index is 12.8. The first-order valence-corrected chi connectivity index (χ1v) is 9.60. The molecular formula is C19H27N3O5. The van der Waals surface area contributed by atoms with Gasteiger partial charge in [0, 0.05) is 64.5 Å². The number of esters is 1. The van der Waals surface area contributed by atoms with Gasteiger partial charge in [0.1, 0.15) is 5.60 Å². The van der Waals surface area contributed by atoms with Gasteiger partial charge in [-0.1, -0.05) is 0 Å². The Bertz CT molecular complexity index is 691. The number of piperidine rings is 1. The molecule has 3 heterocycles. The highest BCUT2D eigenvalue weighted by Gasteiger charge is 2.50. The fourth-order valence-electron chi connectivity index (χ4n) is 4.16. The molecule has 1 spiro atoms. The number of amides is 3. The van der Waals surface area contributed by atoms with Crippen LogP contribution in [0.15, 0.2) is 11.1 Å². The third-order valence-corrected chi connectivity index (χ3v) is 5.73. The quantitative estimate of drug-likeness (QED) is 0.552. The largest absolute Gasteiger partial charge is 0.450 e. The van der Waals surface area contributed by atoms with E-state index in [0.717, 1.165) is 13.0 Å². The fourth-order valence-corrected chi connectivity index (χ4v) is 4.16. The normalized spacial score (nSPS) is 21.9. The number of ether oxygens (including phenoxy) is 1. The summed E-state index contributed by atoms with van der Waals surface area (Å²) >= 11 is 0. The zero-order chi connectivity index (χ0) is 19.6. The van der Waals surface area contributed by atoms with Crippen LogP contribution in [0.25, 0.3) is 0 Å². The Morgan fingerprint density at radius 1 is 1.19 bits per heavy atom. The lowest BCUT2D eigenvalue weighted by Gasteiger charge is -2.39. The highest BCUT2D eigenvalue weighted by atomic mass is 16.6. The van der Waals surface area contributed by atoms with Crippen molar-refractivity contribution in [1.29, 1.82) is 0 Å². The highest BCUT2D eigenvalue weighted by molar-refractivity contribution is 6.07. The molecule has 0 unspecified atom stereocenters. The first-order valence-electron chi connectivity index (χ1n) is 9.60. The molecule has 148 valence electrons.